The third kappa shape index (κ3) is 3.29. The highest BCUT2D eigenvalue weighted by Crippen LogP contribution is 2.19. The molecule has 84 valence electrons. The van der Waals surface area contributed by atoms with Crippen molar-refractivity contribution in [1.29, 1.82) is 0 Å². The van der Waals surface area contributed by atoms with Crippen LogP contribution in [0.1, 0.15) is 41.5 Å². The molecule has 0 aromatic rings. The van der Waals surface area contributed by atoms with Gasteiger partial charge < -0.3 is 10.6 Å². The Kier molecular flexibility index (Phi) is 4.59. The van der Waals surface area contributed by atoms with Crippen molar-refractivity contribution in [3.8, 4) is 0 Å². The van der Waals surface area contributed by atoms with Gasteiger partial charge in [-0.2, -0.15) is 0 Å². The third-order valence-corrected chi connectivity index (χ3v) is 2.45. The molecule has 0 aromatic carbocycles. The van der Waals surface area contributed by atoms with E-state index in [-0.39, 0.29) is 17.4 Å². The Bertz CT molecular complexity index is 190. The van der Waals surface area contributed by atoms with Crippen molar-refractivity contribution >= 4 is 5.91 Å². The molecule has 2 N–H and O–H groups in total. The topological polar surface area (TPSA) is 46.3 Å². The minimum absolute atomic E-state index is 0.0509. The van der Waals surface area contributed by atoms with Crippen molar-refractivity contribution in [3.63, 3.8) is 0 Å². The molecule has 0 saturated carbocycles. The second-order valence-corrected chi connectivity index (χ2v) is 5.06. The van der Waals surface area contributed by atoms with Gasteiger partial charge in [-0.3, -0.25) is 4.79 Å². The standard InChI is InChI=1S/C11H24N2O/c1-7-13(8(2)3)10(14)9(12)11(4,5)6/h8-9H,7,12H2,1-6H3. The summed E-state index contributed by atoms with van der Waals surface area (Å²) in [4.78, 5) is 13.8. The van der Waals surface area contributed by atoms with E-state index in [0.717, 1.165) is 6.54 Å². The van der Waals surface area contributed by atoms with Crippen LogP contribution in [0.2, 0.25) is 0 Å². The molecule has 0 aliphatic heterocycles. The number of nitrogens with two attached hydrogens (primary N) is 1. The number of amides is 1. The van der Waals surface area contributed by atoms with Crippen molar-refractivity contribution in [2.75, 3.05) is 6.54 Å². The number of likely N-dealkylation sites (N-methyl/N-ethyl adjacent to an activating group) is 1. The van der Waals surface area contributed by atoms with Gasteiger partial charge in [0.2, 0.25) is 5.91 Å². The van der Waals surface area contributed by atoms with Crippen LogP contribution in [-0.2, 0) is 4.79 Å². The molecular formula is C11H24N2O. The molecule has 0 fully saturated rings. The number of nitrogens with zero attached hydrogens (tertiary/aromatic N) is 1. The van der Waals surface area contributed by atoms with Crippen molar-refractivity contribution in [2.45, 2.75) is 53.6 Å². The Hall–Kier alpha value is -0.570. The Balaban J connectivity index is 4.59. The van der Waals surface area contributed by atoms with Crippen LogP contribution < -0.4 is 5.73 Å². The first-order valence-electron chi connectivity index (χ1n) is 5.27. The molecule has 0 radical (unpaired) electrons. The largest absolute Gasteiger partial charge is 0.339 e. The minimum atomic E-state index is -0.412. The molecule has 0 aliphatic carbocycles. The lowest BCUT2D eigenvalue weighted by molar-refractivity contribution is -0.136. The van der Waals surface area contributed by atoms with Gasteiger partial charge in [0.15, 0.2) is 0 Å². The van der Waals surface area contributed by atoms with E-state index in [1.54, 1.807) is 0 Å². The molecule has 14 heavy (non-hydrogen) atoms. The van der Waals surface area contributed by atoms with E-state index < -0.39 is 6.04 Å². The fraction of sp³-hybridized carbons (Fsp3) is 0.909. The summed E-state index contributed by atoms with van der Waals surface area (Å²) >= 11 is 0. The number of hydrogen-bond acceptors (Lipinski definition) is 2. The molecule has 1 unspecified atom stereocenters. The number of hydrogen-bond donors (Lipinski definition) is 1. The molecule has 0 rings (SSSR count). The van der Waals surface area contributed by atoms with Gasteiger partial charge in [-0.1, -0.05) is 20.8 Å². The predicted molar refractivity (Wildman–Crippen MR) is 60.0 cm³/mol. The summed E-state index contributed by atoms with van der Waals surface area (Å²) in [7, 11) is 0. The zero-order chi connectivity index (χ0) is 11.5. The molecule has 0 bridgehead atoms. The Morgan fingerprint density at radius 2 is 1.79 bits per heavy atom. The van der Waals surface area contributed by atoms with Crippen LogP contribution in [0.4, 0.5) is 0 Å². The quantitative estimate of drug-likeness (QED) is 0.752. The second kappa shape index (κ2) is 4.78. The van der Waals surface area contributed by atoms with Gasteiger partial charge in [-0.25, -0.2) is 0 Å². The van der Waals surface area contributed by atoms with Crippen molar-refractivity contribution in [3.05, 3.63) is 0 Å². The van der Waals surface area contributed by atoms with E-state index in [1.807, 2.05) is 46.4 Å². The molecule has 3 heteroatoms. The summed E-state index contributed by atoms with van der Waals surface area (Å²) in [6.45, 7) is 12.7. The van der Waals surface area contributed by atoms with Gasteiger partial charge >= 0.3 is 0 Å². The average molecular weight is 200 g/mol. The van der Waals surface area contributed by atoms with Gasteiger partial charge in [-0.15, -0.1) is 0 Å². The highest BCUT2D eigenvalue weighted by Gasteiger charge is 2.31. The van der Waals surface area contributed by atoms with Gasteiger partial charge in [0.1, 0.15) is 0 Å². The maximum absolute atomic E-state index is 12.0. The lowest BCUT2D eigenvalue weighted by atomic mass is 9.86. The molecule has 1 amide bonds. The maximum atomic E-state index is 12.0. The second-order valence-electron chi connectivity index (χ2n) is 5.06. The Labute approximate surface area is 87.6 Å². The van der Waals surface area contributed by atoms with Crippen LogP contribution in [-0.4, -0.2) is 29.4 Å². The molecular weight excluding hydrogens is 176 g/mol. The molecule has 0 aromatic heterocycles. The van der Waals surface area contributed by atoms with Crippen LogP contribution in [0.25, 0.3) is 0 Å². The Morgan fingerprint density at radius 3 is 2.00 bits per heavy atom. The highest BCUT2D eigenvalue weighted by molar-refractivity contribution is 5.82. The predicted octanol–water partition coefficient (Wildman–Crippen LogP) is 1.62. The molecule has 0 aliphatic rings. The zero-order valence-electron chi connectivity index (χ0n) is 10.3. The number of rotatable bonds is 3. The van der Waals surface area contributed by atoms with Crippen molar-refractivity contribution < 1.29 is 4.79 Å². The fourth-order valence-electron chi connectivity index (χ4n) is 1.32. The smallest absolute Gasteiger partial charge is 0.240 e. The van der Waals surface area contributed by atoms with Crippen molar-refractivity contribution in [2.24, 2.45) is 11.1 Å². The van der Waals surface area contributed by atoms with Crippen LogP contribution in [0.5, 0.6) is 0 Å². The van der Waals surface area contributed by atoms with Gasteiger partial charge in [0.05, 0.1) is 6.04 Å². The van der Waals surface area contributed by atoms with E-state index in [4.69, 9.17) is 5.73 Å². The lowest BCUT2D eigenvalue weighted by Gasteiger charge is -2.33. The average Bonchev–Trinajstić information content (AvgIpc) is 2.01. The zero-order valence-corrected chi connectivity index (χ0v) is 10.3. The van der Waals surface area contributed by atoms with E-state index in [9.17, 15) is 4.79 Å². The molecule has 3 nitrogen and oxygen atoms in total. The maximum Gasteiger partial charge on any atom is 0.240 e. The van der Waals surface area contributed by atoms with Gasteiger partial charge in [-0.05, 0) is 26.2 Å². The monoisotopic (exact) mass is 200 g/mol. The highest BCUT2D eigenvalue weighted by atomic mass is 16.2. The summed E-state index contributed by atoms with van der Waals surface area (Å²) in [5.41, 5.74) is 5.75. The van der Waals surface area contributed by atoms with Crippen molar-refractivity contribution in [1.82, 2.24) is 4.90 Å². The van der Waals surface area contributed by atoms with E-state index >= 15 is 0 Å². The SMILES string of the molecule is CCN(C(=O)C(N)C(C)(C)C)C(C)C. The molecule has 1 atom stereocenters. The summed E-state index contributed by atoms with van der Waals surface area (Å²) in [6, 6.07) is -0.189. The fourth-order valence-corrected chi connectivity index (χ4v) is 1.32. The number of carbonyl (C=O) groups is 1. The molecule has 0 saturated heterocycles. The molecule has 0 spiro atoms. The summed E-state index contributed by atoms with van der Waals surface area (Å²) in [5, 5.41) is 0. The minimum Gasteiger partial charge on any atom is -0.339 e. The van der Waals surface area contributed by atoms with E-state index in [2.05, 4.69) is 0 Å². The van der Waals surface area contributed by atoms with Crippen LogP contribution >= 0.6 is 0 Å². The van der Waals surface area contributed by atoms with Crippen LogP contribution in [0.3, 0.4) is 0 Å². The van der Waals surface area contributed by atoms with E-state index in [1.165, 1.54) is 0 Å². The first-order chi connectivity index (χ1) is 6.21. The number of carbonyl (C=O) groups excluding carboxylic acids is 1. The van der Waals surface area contributed by atoms with Gasteiger partial charge in [0.25, 0.3) is 0 Å². The molecule has 0 heterocycles. The Morgan fingerprint density at radius 1 is 1.36 bits per heavy atom. The first-order valence-corrected chi connectivity index (χ1v) is 5.27. The van der Waals surface area contributed by atoms with Crippen LogP contribution in [0.15, 0.2) is 0 Å². The summed E-state index contributed by atoms with van der Waals surface area (Å²) in [5.74, 6) is 0.0509. The third-order valence-electron chi connectivity index (χ3n) is 2.45. The van der Waals surface area contributed by atoms with Crippen LogP contribution in [0, 0.1) is 5.41 Å². The normalized spacial score (nSPS) is 14.3. The first kappa shape index (κ1) is 13.4. The summed E-state index contributed by atoms with van der Waals surface area (Å²) in [6.07, 6.45) is 0. The summed E-state index contributed by atoms with van der Waals surface area (Å²) < 4.78 is 0. The van der Waals surface area contributed by atoms with E-state index in [0.29, 0.717) is 0 Å². The van der Waals surface area contributed by atoms with Gasteiger partial charge in [0, 0.05) is 12.6 Å². The lowest BCUT2D eigenvalue weighted by Crippen LogP contribution is -2.52.